The van der Waals surface area contributed by atoms with Gasteiger partial charge in [0, 0.05) is 6.42 Å². The van der Waals surface area contributed by atoms with E-state index in [1.807, 2.05) is 0 Å². The van der Waals surface area contributed by atoms with E-state index in [-0.39, 0.29) is 24.9 Å². The zero-order valence-corrected chi connectivity index (χ0v) is 42.0. The average Bonchev–Trinajstić information content (AvgIpc) is 3.26. The van der Waals surface area contributed by atoms with Crippen molar-refractivity contribution in [2.75, 3.05) is 6.61 Å². The van der Waals surface area contributed by atoms with Crippen LogP contribution in [0, 0.1) is 0 Å². The Morgan fingerprint density at radius 2 is 0.774 bits per heavy atom. The van der Waals surface area contributed by atoms with E-state index in [1.54, 1.807) is 0 Å². The smallest absolute Gasteiger partial charge is 0.306 e. The lowest BCUT2D eigenvalue weighted by Gasteiger charge is -2.24. The molecule has 0 aromatic rings. The van der Waals surface area contributed by atoms with Crippen LogP contribution in [-0.2, 0) is 14.3 Å². The SMILES string of the molecule is CCCCCCCCCCC/C=C/CCCCCC(CC(=O)NC(CO)C(O)CCCCCCCCCCCCCCCCC)OC(=O)CCCCCCCCCCCCCC. The molecule has 3 N–H and O–H groups in total. The predicted octanol–water partition coefficient (Wildman–Crippen LogP) is 16.9. The molecule has 3 atom stereocenters. The normalized spacial score (nSPS) is 13.2. The summed E-state index contributed by atoms with van der Waals surface area (Å²) in [7, 11) is 0. The third kappa shape index (κ3) is 45.2. The first-order valence-electron chi connectivity index (χ1n) is 27.9. The Morgan fingerprint density at radius 1 is 0.452 bits per heavy atom. The molecule has 0 spiro atoms. The number of allylic oxidation sites excluding steroid dienone is 2. The number of unbranched alkanes of at least 4 members (excludes halogenated alkanes) is 37. The number of amides is 1. The van der Waals surface area contributed by atoms with Crippen molar-refractivity contribution in [1.82, 2.24) is 5.32 Å². The molecule has 1 amide bonds. The predicted molar refractivity (Wildman–Crippen MR) is 269 cm³/mol. The molecule has 0 saturated heterocycles. The van der Waals surface area contributed by atoms with Gasteiger partial charge in [-0.2, -0.15) is 0 Å². The van der Waals surface area contributed by atoms with Gasteiger partial charge in [0.2, 0.25) is 5.91 Å². The van der Waals surface area contributed by atoms with Gasteiger partial charge in [-0.3, -0.25) is 9.59 Å². The molecule has 0 fully saturated rings. The Kier molecular flexibility index (Phi) is 49.5. The highest BCUT2D eigenvalue weighted by Gasteiger charge is 2.24. The number of esters is 1. The standard InChI is InChI=1S/C56H109NO5/c1-4-7-10-13-16-19-22-25-27-29-30-32-35-38-41-44-47-52(62-56(61)49-46-43-40-37-34-24-21-18-15-12-9-6-3)50-55(60)57-53(51-58)54(59)48-45-42-39-36-33-31-28-26-23-20-17-14-11-8-5-2/h30,32,52-54,58-59H,4-29,31,33-51H2,1-3H3,(H,57,60)/b32-30+. The van der Waals surface area contributed by atoms with Gasteiger partial charge in [0.15, 0.2) is 0 Å². The molecule has 0 radical (unpaired) electrons. The lowest BCUT2D eigenvalue weighted by molar-refractivity contribution is -0.151. The number of nitrogens with one attached hydrogen (secondary N) is 1. The van der Waals surface area contributed by atoms with Gasteiger partial charge < -0.3 is 20.3 Å². The van der Waals surface area contributed by atoms with E-state index in [9.17, 15) is 19.8 Å². The van der Waals surface area contributed by atoms with Crippen LogP contribution >= 0.6 is 0 Å². The van der Waals surface area contributed by atoms with E-state index in [0.29, 0.717) is 19.3 Å². The zero-order chi connectivity index (χ0) is 45.2. The van der Waals surface area contributed by atoms with Crippen molar-refractivity contribution in [1.29, 1.82) is 0 Å². The van der Waals surface area contributed by atoms with E-state index < -0.39 is 18.2 Å². The third-order valence-corrected chi connectivity index (χ3v) is 13.1. The number of rotatable bonds is 51. The van der Waals surface area contributed by atoms with Crippen LogP contribution in [0.4, 0.5) is 0 Å². The number of hydrogen-bond donors (Lipinski definition) is 3. The van der Waals surface area contributed by atoms with Gasteiger partial charge in [-0.25, -0.2) is 0 Å². The van der Waals surface area contributed by atoms with Gasteiger partial charge in [0.1, 0.15) is 6.10 Å². The monoisotopic (exact) mass is 876 g/mol. The average molecular weight is 876 g/mol. The summed E-state index contributed by atoms with van der Waals surface area (Å²) in [4.78, 5) is 26.2. The van der Waals surface area contributed by atoms with E-state index in [4.69, 9.17) is 4.74 Å². The van der Waals surface area contributed by atoms with Crippen LogP contribution in [0.25, 0.3) is 0 Å². The molecule has 6 nitrogen and oxygen atoms in total. The Balaban J connectivity index is 4.53. The Bertz CT molecular complexity index is 939. The van der Waals surface area contributed by atoms with Crippen LogP contribution in [0.1, 0.15) is 310 Å². The lowest BCUT2D eigenvalue weighted by Crippen LogP contribution is -2.46. The van der Waals surface area contributed by atoms with Gasteiger partial charge in [-0.1, -0.05) is 258 Å². The highest BCUT2D eigenvalue weighted by molar-refractivity contribution is 5.77. The molecule has 0 aromatic carbocycles. The van der Waals surface area contributed by atoms with Gasteiger partial charge in [0.05, 0.1) is 25.2 Å². The molecular formula is C56H109NO5. The van der Waals surface area contributed by atoms with Crippen molar-refractivity contribution in [3.8, 4) is 0 Å². The molecule has 0 aliphatic carbocycles. The minimum atomic E-state index is -0.786. The Labute approximate surface area is 387 Å². The van der Waals surface area contributed by atoms with E-state index >= 15 is 0 Å². The maximum Gasteiger partial charge on any atom is 0.306 e. The van der Waals surface area contributed by atoms with Crippen LogP contribution in [0.2, 0.25) is 0 Å². The van der Waals surface area contributed by atoms with Crippen LogP contribution in [0.15, 0.2) is 12.2 Å². The summed E-state index contributed by atoms with van der Waals surface area (Å²) in [5, 5.41) is 23.8. The van der Waals surface area contributed by atoms with Crippen molar-refractivity contribution in [2.24, 2.45) is 0 Å². The summed E-state index contributed by atoms with van der Waals surface area (Å²) in [6.07, 6.45) is 57.0. The summed E-state index contributed by atoms with van der Waals surface area (Å²) >= 11 is 0. The fourth-order valence-electron chi connectivity index (χ4n) is 8.84. The largest absolute Gasteiger partial charge is 0.462 e. The molecule has 6 heteroatoms. The van der Waals surface area contributed by atoms with E-state index in [0.717, 1.165) is 57.8 Å². The number of ether oxygens (including phenoxy) is 1. The fraction of sp³-hybridized carbons (Fsp3) is 0.929. The maximum atomic E-state index is 13.2. The quantitative estimate of drug-likeness (QED) is 0.0321. The molecule has 0 bridgehead atoms. The zero-order valence-electron chi connectivity index (χ0n) is 42.0. The van der Waals surface area contributed by atoms with E-state index in [1.165, 1.54) is 205 Å². The molecule has 0 heterocycles. The molecule has 368 valence electrons. The summed E-state index contributed by atoms with van der Waals surface area (Å²) in [6, 6.07) is -0.700. The number of carbonyl (C=O) groups excluding carboxylic acids is 2. The Morgan fingerprint density at radius 3 is 1.16 bits per heavy atom. The summed E-state index contributed by atoms with van der Waals surface area (Å²) in [5.74, 6) is -0.469. The highest BCUT2D eigenvalue weighted by atomic mass is 16.5. The van der Waals surface area contributed by atoms with Crippen LogP contribution in [-0.4, -0.2) is 46.9 Å². The molecule has 0 aliphatic heterocycles. The van der Waals surface area contributed by atoms with Gasteiger partial charge >= 0.3 is 5.97 Å². The first-order valence-corrected chi connectivity index (χ1v) is 27.9. The lowest BCUT2D eigenvalue weighted by atomic mass is 10.0. The van der Waals surface area contributed by atoms with Crippen molar-refractivity contribution in [3.63, 3.8) is 0 Å². The second kappa shape index (κ2) is 50.6. The minimum absolute atomic E-state index is 0.0744. The summed E-state index contributed by atoms with van der Waals surface area (Å²) in [6.45, 7) is 6.51. The Hall–Kier alpha value is -1.40. The van der Waals surface area contributed by atoms with Crippen LogP contribution < -0.4 is 5.32 Å². The van der Waals surface area contributed by atoms with E-state index in [2.05, 4.69) is 38.2 Å². The van der Waals surface area contributed by atoms with Crippen molar-refractivity contribution in [2.45, 2.75) is 328 Å². The molecule has 0 rings (SSSR count). The van der Waals surface area contributed by atoms with Gasteiger partial charge in [-0.05, 0) is 51.4 Å². The number of aliphatic hydroxyl groups excluding tert-OH is 2. The molecule has 62 heavy (non-hydrogen) atoms. The van der Waals surface area contributed by atoms with Gasteiger partial charge in [-0.15, -0.1) is 0 Å². The molecule has 0 aromatic heterocycles. The topological polar surface area (TPSA) is 95.9 Å². The van der Waals surface area contributed by atoms with Crippen molar-refractivity contribution in [3.05, 3.63) is 12.2 Å². The maximum absolute atomic E-state index is 13.2. The van der Waals surface area contributed by atoms with Crippen LogP contribution in [0.5, 0.6) is 0 Å². The second-order valence-electron chi connectivity index (χ2n) is 19.3. The fourth-order valence-corrected chi connectivity index (χ4v) is 8.84. The van der Waals surface area contributed by atoms with Gasteiger partial charge in [0.25, 0.3) is 0 Å². The molecule has 3 unspecified atom stereocenters. The first kappa shape index (κ1) is 60.6. The number of carbonyl (C=O) groups is 2. The number of hydrogen-bond acceptors (Lipinski definition) is 5. The summed E-state index contributed by atoms with van der Waals surface area (Å²) < 4.78 is 5.94. The van der Waals surface area contributed by atoms with Crippen LogP contribution in [0.3, 0.4) is 0 Å². The summed E-state index contributed by atoms with van der Waals surface area (Å²) in [5.41, 5.74) is 0. The first-order chi connectivity index (χ1) is 30.5. The highest BCUT2D eigenvalue weighted by Crippen LogP contribution is 2.18. The molecule has 0 aliphatic rings. The number of aliphatic hydroxyl groups is 2. The third-order valence-electron chi connectivity index (χ3n) is 13.1. The minimum Gasteiger partial charge on any atom is -0.462 e. The second-order valence-corrected chi connectivity index (χ2v) is 19.3. The molecular weight excluding hydrogens is 767 g/mol. The van der Waals surface area contributed by atoms with Crippen molar-refractivity contribution >= 4 is 11.9 Å². The van der Waals surface area contributed by atoms with Crippen molar-refractivity contribution < 1.29 is 24.5 Å². The molecule has 0 saturated carbocycles.